The molecule has 2 aromatic carbocycles. The Hall–Kier alpha value is -2.02. The number of benzene rings is 2. The Morgan fingerprint density at radius 3 is 2.41 bits per heavy atom. The summed E-state index contributed by atoms with van der Waals surface area (Å²) in [7, 11) is 0. The number of anilines is 1. The predicted molar refractivity (Wildman–Crippen MR) is 74.9 cm³/mol. The molecule has 1 nitrogen and oxygen atoms in total. The molecule has 0 aliphatic heterocycles. The van der Waals surface area contributed by atoms with Crippen LogP contribution in [0.2, 0.25) is 0 Å². The van der Waals surface area contributed by atoms with E-state index in [-0.39, 0.29) is 0 Å². The van der Waals surface area contributed by atoms with Gasteiger partial charge in [-0.15, -0.1) is 0 Å². The Labute approximate surface area is 103 Å². The predicted octanol–water partition coefficient (Wildman–Crippen LogP) is 4.33. The molecule has 0 unspecified atom stereocenters. The van der Waals surface area contributed by atoms with E-state index in [0.29, 0.717) is 0 Å². The van der Waals surface area contributed by atoms with Gasteiger partial charge in [-0.25, -0.2) is 0 Å². The second-order valence-electron chi connectivity index (χ2n) is 3.93. The molecule has 17 heavy (non-hydrogen) atoms. The zero-order valence-electron chi connectivity index (χ0n) is 10.1. The van der Waals surface area contributed by atoms with Crippen molar-refractivity contribution in [3.8, 4) is 0 Å². The molecular weight excluding hydrogens is 206 g/mol. The fourth-order valence-corrected chi connectivity index (χ4v) is 1.78. The van der Waals surface area contributed by atoms with Gasteiger partial charge in [0.25, 0.3) is 0 Å². The number of hydrogen-bond acceptors (Lipinski definition) is 1. The molecule has 0 aliphatic rings. The molecule has 0 fully saturated rings. The molecule has 0 saturated heterocycles. The van der Waals surface area contributed by atoms with Gasteiger partial charge in [-0.2, -0.15) is 0 Å². The van der Waals surface area contributed by atoms with Crippen molar-refractivity contribution in [1.29, 1.82) is 0 Å². The van der Waals surface area contributed by atoms with Crippen LogP contribution in [0.4, 0.5) is 5.69 Å². The van der Waals surface area contributed by atoms with E-state index in [4.69, 9.17) is 0 Å². The molecular formula is C16H17N. The second-order valence-corrected chi connectivity index (χ2v) is 3.93. The van der Waals surface area contributed by atoms with E-state index in [1.165, 1.54) is 16.8 Å². The fourth-order valence-electron chi connectivity index (χ4n) is 1.78. The number of allylic oxidation sites excluding steroid dienone is 1. The van der Waals surface area contributed by atoms with Crippen LogP contribution in [0, 0.1) is 0 Å². The zero-order chi connectivity index (χ0) is 11.9. The first kappa shape index (κ1) is 11.5. The molecule has 86 valence electrons. The number of rotatable bonds is 4. The molecule has 1 heteroatoms. The minimum Gasteiger partial charge on any atom is -0.380 e. The Kier molecular flexibility index (Phi) is 3.98. The lowest BCUT2D eigenvalue weighted by Gasteiger charge is -2.09. The van der Waals surface area contributed by atoms with E-state index in [1.807, 2.05) is 13.0 Å². The summed E-state index contributed by atoms with van der Waals surface area (Å²) in [6.07, 6.45) is 4.18. The maximum Gasteiger partial charge on any atom is 0.0416 e. The largest absolute Gasteiger partial charge is 0.380 e. The van der Waals surface area contributed by atoms with Crippen molar-refractivity contribution in [2.24, 2.45) is 0 Å². The third-order valence-corrected chi connectivity index (χ3v) is 2.63. The third-order valence-electron chi connectivity index (χ3n) is 2.63. The average molecular weight is 223 g/mol. The summed E-state index contributed by atoms with van der Waals surface area (Å²) in [5.74, 6) is 0. The van der Waals surface area contributed by atoms with Gasteiger partial charge >= 0.3 is 0 Å². The summed E-state index contributed by atoms with van der Waals surface area (Å²) in [6, 6.07) is 18.8. The first-order valence-corrected chi connectivity index (χ1v) is 5.89. The van der Waals surface area contributed by atoms with Crippen LogP contribution in [-0.2, 0) is 6.54 Å². The van der Waals surface area contributed by atoms with Crippen LogP contribution in [0.3, 0.4) is 0 Å². The minimum atomic E-state index is 0.857. The van der Waals surface area contributed by atoms with Gasteiger partial charge in [-0.05, 0) is 24.1 Å². The Morgan fingerprint density at radius 2 is 1.65 bits per heavy atom. The van der Waals surface area contributed by atoms with E-state index >= 15 is 0 Å². The Morgan fingerprint density at radius 1 is 0.941 bits per heavy atom. The SMILES string of the molecule is C/C=C/c1ccccc1NCc1ccccc1. The molecule has 0 heterocycles. The smallest absolute Gasteiger partial charge is 0.0416 e. The van der Waals surface area contributed by atoms with E-state index in [1.54, 1.807) is 0 Å². The first-order valence-electron chi connectivity index (χ1n) is 5.89. The topological polar surface area (TPSA) is 12.0 Å². The molecule has 0 atom stereocenters. The molecule has 2 aromatic rings. The van der Waals surface area contributed by atoms with E-state index in [9.17, 15) is 0 Å². The lowest BCUT2D eigenvalue weighted by molar-refractivity contribution is 1.15. The third kappa shape index (κ3) is 3.22. The number of para-hydroxylation sites is 1. The highest BCUT2D eigenvalue weighted by Gasteiger charge is 1.97. The Bertz CT molecular complexity index is 486. The van der Waals surface area contributed by atoms with Gasteiger partial charge in [0.2, 0.25) is 0 Å². The van der Waals surface area contributed by atoms with Crippen LogP contribution in [-0.4, -0.2) is 0 Å². The number of hydrogen-bond donors (Lipinski definition) is 1. The second kappa shape index (κ2) is 5.90. The first-order chi connectivity index (χ1) is 8.40. The molecule has 0 aliphatic carbocycles. The quantitative estimate of drug-likeness (QED) is 0.813. The molecule has 2 rings (SSSR count). The summed E-state index contributed by atoms with van der Waals surface area (Å²) < 4.78 is 0. The fraction of sp³-hybridized carbons (Fsp3) is 0.125. The van der Waals surface area contributed by atoms with Crippen LogP contribution in [0.5, 0.6) is 0 Å². The molecule has 0 bridgehead atoms. The maximum absolute atomic E-state index is 3.46. The van der Waals surface area contributed by atoms with Crippen molar-refractivity contribution in [3.05, 3.63) is 71.8 Å². The Balaban J connectivity index is 2.09. The lowest BCUT2D eigenvalue weighted by Crippen LogP contribution is -2.00. The average Bonchev–Trinajstić information content (AvgIpc) is 2.39. The van der Waals surface area contributed by atoms with Crippen molar-refractivity contribution < 1.29 is 0 Å². The summed E-state index contributed by atoms with van der Waals surface area (Å²) in [6.45, 7) is 2.89. The molecule has 0 aromatic heterocycles. The van der Waals surface area contributed by atoms with Gasteiger partial charge in [0.15, 0.2) is 0 Å². The van der Waals surface area contributed by atoms with Gasteiger partial charge in [0, 0.05) is 12.2 Å². The van der Waals surface area contributed by atoms with Gasteiger partial charge < -0.3 is 5.32 Å². The van der Waals surface area contributed by atoms with Crippen LogP contribution < -0.4 is 5.32 Å². The summed E-state index contributed by atoms with van der Waals surface area (Å²) in [5.41, 5.74) is 3.70. The van der Waals surface area contributed by atoms with Crippen molar-refractivity contribution in [3.63, 3.8) is 0 Å². The molecule has 0 amide bonds. The molecule has 0 saturated carbocycles. The van der Waals surface area contributed by atoms with Crippen LogP contribution in [0.15, 0.2) is 60.7 Å². The monoisotopic (exact) mass is 223 g/mol. The molecule has 0 spiro atoms. The van der Waals surface area contributed by atoms with Crippen molar-refractivity contribution in [2.45, 2.75) is 13.5 Å². The van der Waals surface area contributed by atoms with Gasteiger partial charge in [0.1, 0.15) is 0 Å². The van der Waals surface area contributed by atoms with Gasteiger partial charge in [-0.1, -0.05) is 60.7 Å². The van der Waals surface area contributed by atoms with Gasteiger partial charge in [-0.3, -0.25) is 0 Å². The van der Waals surface area contributed by atoms with Crippen molar-refractivity contribution in [1.82, 2.24) is 0 Å². The zero-order valence-corrected chi connectivity index (χ0v) is 10.1. The standard InChI is InChI=1S/C16H17N/c1-2-8-15-11-6-7-12-16(15)17-13-14-9-4-3-5-10-14/h2-12,17H,13H2,1H3/b8-2+. The summed E-state index contributed by atoms with van der Waals surface area (Å²) >= 11 is 0. The number of nitrogens with one attached hydrogen (secondary N) is 1. The van der Waals surface area contributed by atoms with E-state index in [0.717, 1.165) is 6.54 Å². The van der Waals surface area contributed by atoms with E-state index in [2.05, 4.69) is 66.0 Å². The van der Waals surface area contributed by atoms with Crippen LogP contribution >= 0.6 is 0 Å². The van der Waals surface area contributed by atoms with Crippen molar-refractivity contribution in [2.75, 3.05) is 5.32 Å². The highest BCUT2D eigenvalue weighted by Crippen LogP contribution is 2.17. The van der Waals surface area contributed by atoms with Crippen LogP contribution in [0.1, 0.15) is 18.1 Å². The van der Waals surface area contributed by atoms with E-state index < -0.39 is 0 Å². The van der Waals surface area contributed by atoms with Gasteiger partial charge in [0.05, 0.1) is 0 Å². The molecule has 1 N–H and O–H groups in total. The summed E-state index contributed by atoms with van der Waals surface area (Å²) in [4.78, 5) is 0. The highest BCUT2D eigenvalue weighted by molar-refractivity contribution is 5.66. The normalized spacial score (nSPS) is 10.6. The summed E-state index contributed by atoms with van der Waals surface area (Å²) in [5, 5.41) is 3.46. The van der Waals surface area contributed by atoms with Crippen LogP contribution in [0.25, 0.3) is 6.08 Å². The maximum atomic E-state index is 3.46. The van der Waals surface area contributed by atoms with Crippen molar-refractivity contribution >= 4 is 11.8 Å². The molecule has 0 radical (unpaired) electrons. The minimum absolute atomic E-state index is 0.857. The highest BCUT2D eigenvalue weighted by atomic mass is 14.9. The lowest BCUT2D eigenvalue weighted by atomic mass is 10.1.